The molecule has 2 amide bonds. The van der Waals surface area contributed by atoms with Gasteiger partial charge in [0.2, 0.25) is 0 Å². The van der Waals surface area contributed by atoms with Crippen LogP contribution in [-0.4, -0.2) is 65.8 Å². The van der Waals surface area contributed by atoms with Gasteiger partial charge in [0.15, 0.2) is 0 Å². The van der Waals surface area contributed by atoms with Gasteiger partial charge in [0.25, 0.3) is 0 Å². The van der Waals surface area contributed by atoms with Gasteiger partial charge in [0.1, 0.15) is 0 Å². The number of aliphatic carboxylic acids is 1. The Labute approximate surface area is 113 Å². The number of morpholine rings is 1. The molecule has 2 rings (SSSR count). The van der Waals surface area contributed by atoms with Crippen LogP contribution in [0.3, 0.4) is 0 Å². The van der Waals surface area contributed by atoms with Crippen LogP contribution in [0.25, 0.3) is 0 Å². The van der Waals surface area contributed by atoms with Crippen LogP contribution >= 0.6 is 0 Å². The third kappa shape index (κ3) is 3.37. The summed E-state index contributed by atoms with van der Waals surface area (Å²) in [6.07, 6.45) is 4.39. The zero-order chi connectivity index (χ0) is 13.8. The van der Waals surface area contributed by atoms with Crippen molar-refractivity contribution in [3.05, 3.63) is 0 Å². The summed E-state index contributed by atoms with van der Waals surface area (Å²) in [5.74, 6) is -0.892. The maximum atomic E-state index is 12.5. The summed E-state index contributed by atoms with van der Waals surface area (Å²) >= 11 is 0. The molecule has 0 aromatic rings. The third-order valence-corrected chi connectivity index (χ3v) is 4.06. The van der Waals surface area contributed by atoms with Crippen LogP contribution in [-0.2, 0) is 9.53 Å². The second-order valence-corrected chi connectivity index (χ2v) is 5.35. The van der Waals surface area contributed by atoms with Gasteiger partial charge in [-0.05, 0) is 12.8 Å². The van der Waals surface area contributed by atoms with Gasteiger partial charge in [-0.1, -0.05) is 12.8 Å². The molecule has 1 unspecified atom stereocenters. The SMILES string of the molecule is CN(C(=O)N1CCOCC1CC(=O)O)C1CCCC1. The Bertz CT molecular complexity index is 342. The van der Waals surface area contributed by atoms with Crippen LogP contribution in [0.2, 0.25) is 0 Å². The molecule has 1 heterocycles. The van der Waals surface area contributed by atoms with E-state index in [2.05, 4.69) is 0 Å². The van der Waals surface area contributed by atoms with Crippen molar-refractivity contribution in [3.8, 4) is 0 Å². The largest absolute Gasteiger partial charge is 0.481 e. The number of nitrogens with zero attached hydrogens (tertiary/aromatic N) is 2. The quantitative estimate of drug-likeness (QED) is 0.835. The molecule has 1 saturated heterocycles. The van der Waals surface area contributed by atoms with E-state index in [-0.39, 0.29) is 18.5 Å². The van der Waals surface area contributed by atoms with Crippen LogP contribution in [0.1, 0.15) is 32.1 Å². The fraction of sp³-hybridized carbons (Fsp3) is 0.846. The number of carboxylic acid groups (broad SMARTS) is 1. The lowest BCUT2D eigenvalue weighted by molar-refractivity contribution is -0.139. The minimum absolute atomic E-state index is 0.0513. The summed E-state index contributed by atoms with van der Waals surface area (Å²) in [7, 11) is 1.83. The van der Waals surface area contributed by atoms with Crippen molar-refractivity contribution in [2.45, 2.75) is 44.2 Å². The summed E-state index contributed by atoms with van der Waals surface area (Å²) in [6, 6.07) is -0.0927. The van der Waals surface area contributed by atoms with E-state index in [1.165, 1.54) is 12.8 Å². The number of carbonyl (C=O) groups excluding carboxylic acids is 1. The molecule has 1 aliphatic heterocycles. The van der Waals surface area contributed by atoms with Gasteiger partial charge in [0, 0.05) is 19.6 Å². The Morgan fingerprint density at radius 2 is 2.05 bits per heavy atom. The molecule has 0 spiro atoms. The highest BCUT2D eigenvalue weighted by Gasteiger charge is 2.33. The van der Waals surface area contributed by atoms with E-state index in [1.54, 1.807) is 9.80 Å². The second-order valence-electron chi connectivity index (χ2n) is 5.35. The van der Waals surface area contributed by atoms with Gasteiger partial charge >= 0.3 is 12.0 Å². The van der Waals surface area contributed by atoms with E-state index >= 15 is 0 Å². The third-order valence-electron chi connectivity index (χ3n) is 4.06. The average Bonchev–Trinajstić information content (AvgIpc) is 2.91. The topological polar surface area (TPSA) is 70.1 Å². The number of rotatable bonds is 3. The summed E-state index contributed by atoms with van der Waals surface area (Å²) < 4.78 is 5.29. The van der Waals surface area contributed by atoms with E-state index in [0.29, 0.717) is 25.8 Å². The lowest BCUT2D eigenvalue weighted by Gasteiger charge is -2.38. The van der Waals surface area contributed by atoms with Crippen molar-refractivity contribution in [3.63, 3.8) is 0 Å². The minimum atomic E-state index is -0.892. The Morgan fingerprint density at radius 1 is 1.37 bits per heavy atom. The molecule has 108 valence electrons. The van der Waals surface area contributed by atoms with Crippen molar-refractivity contribution >= 4 is 12.0 Å². The predicted octanol–water partition coefficient (Wildman–Crippen LogP) is 1.16. The smallest absolute Gasteiger partial charge is 0.320 e. The molecule has 1 aliphatic carbocycles. The maximum Gasteiger partial charge on any atom is 0.320 e. The molecule has 2 aliphatic rings. The molecule has 0 aromatic heterocycles. The standard InChI is InChI=1S/C13H22N2O4/c1-14(10-4-2-3-5-10)13(18)15-6-7-19-9-11(15)8-12(16)17/h10-11H,2-9H2,1H3,(H,16,17). The first-order chi connectivity index (χ1) is 9.09. The van der Waals surface area contributed by atoms with E-state index in [9.17, 15) is 9.59 Å². The Balaban J connectivity index is 1.99. The predicted molar refractivity (Wildman–Crippen MR) is 69.0 cm³/mol. The summed E-state index contributed by atoms with van der Waals surface area (Å²) in [5, 5.41) is 8.91. The average molecular weight is 270 g/mol. The first kappa shape index (κ1) is 14.1. The molecule has 1 N–H and O–H groups in total. The fourth-order valence-electron chi connectivity index (χ4n) is 2.93. The molecule has 2 fully saturated rings. The van der Waals surface area contributed by atoms with E-state index in [4.69, 9.17) is 9.84 Å². The first-order valence-corrected chi connectivity index (χ1v) is 6.92. The monoisotopic (exact) mass is 270 g/mol. The summed E-state index contributed by atoms with van der Waals surface area (Å²) in [5.41, 5.74) is 0. The molecule has 0 radical (unpaired) electrons. The van der Waals surface area contributed by atoms with Crippen molar-refractivity contribution < 1.29 is 19.4 Å². The Morgan fingerprint density at radius 3 is 2.68 bits per heavy atom. The first-order valence-electron chi connectivity index (χ1n) is 6.92. The van der Waals surface area contributed by atoms with Gasteiger partial charge in [-0.15, -0.1) is 0 Å². The van der Waals surface area contributed by atoms with Crippen LogP contribution in [0.15, 0.2) is 0 Å². The highest BCUT2D eigenvalue weighted by atomic mass is 16.5. The molecule has 1 atom stereocenters. The normalized spacial score (nSPS) is 24.5. The number of urea groups is 1. The fourth-order valence-corrected chi connectivity index (χ4v) is 2.93. The van der Waals surface area contributed by atoms with Gasteiger partial charge in [-0.2, -0.15) is 0 Å². The molecular formula is C13H22N2O4. The zero-order valence-corrected chi connectivity index (χ0v) is 11.4. The minimum Gasteiger partial charge on any atom is -0.481 e. The highest BCUT2D eigenvalue weighted by molar-refractivity contribution is 5.76. The molecule has 6 heteroatoms. The van der Waals surface area contributed by atoms with Crippen LogP contribution < -0.4 is 0 Å². The Hall–Kier alpha value is -1.30. The van der Waals surface area contributed by atoms with Crippen molar-refractivity contribution in [1.82, 2.24) is 9.80 Å². The van der Waals surface area contributed by atoms with E-state index in [1.807, 2.05) is 7.05 Å². The molecule has 6 nitrogen and oxygen atoms in total. The van der Waals surface area contributed by atoms with Crippen molar-refractivity contribution in [2.75, 3.05) is 26.8 Å². The van der Waals surface area contributed by atoms with Crippen LogP contribution in [0.4, 0.5) is 4.79 Å². The maximum absolute atomic E-state index is 12.5. The number of carbonyl (C=O) groups is 2. The van der Waals surface area contributed by atoms with Crippen LogP contribution in [0, 0.1) is 0 Å². The number of amides is 2. The zero-order valence-electron chi connectivity index (χ0n) is 11.4. The highest BCUT2D eigenvalue weighted by Crippen LogP contribution is 2.24. The van der Waals surface area contributed by atoms with Crippen molar-refractivity contribution in [2.24, 2.45) is 0 Å². The van der Waals surface area contributed by atoms with Gasteiger partial charge in [0.05, 0.1) is 25.7 Å². The number of ether oxygens (including phenoxy) is 1. The molecule has 19 heavy (non-hydrogen) atoms. The molecule has 0 aromatic carbocycles. The summed E-state index contributed by atoms with van der Waals surface area (Å²) in [6.45, 7) is 1.28. The van der Waals surface area contributed by atoms with Gasteiger partial charge in [-0.25, -0.2) is 4.79 Å². The number of hydrogen-bond donors (Lipinski definition) is 1. The second kappa shape index (κ2) is 6.23. The van der Waals surface area contributed by atoms with Gasteiger partial charge in [-0.3, -0.25) is 4.79 Å². The number of carboxylic acids is 1. The molecular weight excluding hydrogens is 248 g/mol. The lowest BCUT2D eigenvalue weighted by Crippen LogP contribution is -2.55. The summed E-state index contributed by atoms with van der Waals surface area (Å²) in [4.78, 5) is 26.8. The molecule has 1 saturated carbocycles. The Kier molecular flexibility index (Phi) is 4.63. The van der Waals surface area contributed by atoms with E-state index < -0.39 is 5.97 Å². The lowest BCUT2D eigenvalue weighted by atomic mass is 10.1. The van der Waals surface area contributed by atoms with Crippen molar-refractivity contribution in [1.29, 1.82) is 0 Å². The number of hydrogen-bond acceptors (Lipinski definition) is 3. The molecule has 0 bridgehead atoms. The van der Waals surface area contributed by atoms with Crippen LogP contribution in [0.5, 0.6) is 0 Å². The van der Waals surface area contributed by atoms with E-state index in [0.717, 1.165) is 12.8 Å². The van der Waals surface area contributed by atoms with Gasteiger partial charge < -0.3 is 19.6 Å².